The summed E-state index contributed by atoms with van der Waals surface area (Å²) in [6.07, 6.45) is 0.434. The first kappa shape index (κ1) is 29.1. The topological polar surface area (TPSA) is 49.4 Å². The van der Waals surface area contributed by atoms with Crippen molar-refractivity contribution in [2.75, 3.05) is 12.3 Å². The summed E-state index contributed by atoms with van der Waals surface area (Å²) in [6, 6.07) is 22.7. The minimum absolute atomic E-state index is 0.102. The second-order valence-corrected chi connectivity index (χ2v) is 11.3. The number of carbonyl (C=O) groups excluding carboxylic acids is 2. The summed E-state index contributed by atoms with van der Waals surface area (Å²) >= 11 is 14.1. The Morgan fingerprint density at radius 3 is 2.16 bits per heavy atom. The summed E-state index contributed by atoms with van der Waals surface area (Å²) in [6.45, 7) is 7.03. The van der Waals surface area contributed by atoms with Gasteiger partial charge in [0.25, 0.3) is 0 Å². The molecule has 0 saturated heterocycles. The molecule has 2 amide bonds. The van der Waals surface area contributed by atoms with E-state index >= 15 is 0 Å². The first-order chi connectivity index (χ1) is 17.7. The van der Waals surface area contributed by atoms with Gasteiger partial charge in [-0.2, -0.15) is 0 Å². The highest BCUT2D eigenvalue weighted by Gasteiger charge is 2.30. The summed E-state index contributed by atoms with van der Waals surface area (Å²) in [7, 11) is 0. The highest BCUT2D eigenvalue weighted by atomic mass is 35.5. The molecule has 0 bridgehead atoms. The maximum Gasteiger partial charge on any atom is 0.243 e. The van der Waals surface area contributed by atoms with Crippen molar-refractivity contribution in [1.29, 1.82) is 0 Å². The second kappa shape index (κ2) is 14.5. The summed E-state index contributed by atoms with van der Waals surface area (Å²) in [4.78, 5) is 28.9. The number of aryl methyl sites for hydroxylation is 1. The molecule has 0 heterocycles. The number of rotatable bonds is 12. The number of hydrogen-bond donors (Lipinski definition) is 1. The van der Waals surface area contributed by atoms with Crippen LogP contribution in [-0.4, -0.2) is 35.1 Å². The molecule has 0 aliphatic rings. The number of nitrogens with zero attached hydrogens (tertiary/aromatic N) is 1. The van der Waals surface area contributed by atoms with Crippen LogP contribution < -0.4 is 5.32 Å². The fourth-order valence-corrected chi connectivity index (χ4v) is 5.51. The van der Waals surface area contributed by atoms with E-state index in [1.807, 2.05) is 61.5 Å². The van der Waals surface area contributed by atoms with E-state index in [1.165, 1.54) is 11.8 Å². The molecule has 3 aromatic carbocycles. The van der Waals surface area contributed by atoms with E-state index in [0.29, 0.717) is 41.2 Å². The highest BCUT2D eigenvalue weighted by molar-refractivity contribution is 7.99. The molecule has 1 atom stereocenters. The van der Waals surface area contributed by atoms with Gasteiger partial charge in [0.05, 0.1) is 5.75 Å². The predicted octanol–water partition coefficient (Wildman–Crippen LogP) is 6.95. The Morgan fingerprint density at radius 1 is 0.892 bits per heavy atom. The molecule has 0 fully saturated rings. The van der Waals surface area contributed by atoms with Crippen molar-refractivity contribution in [2.24, 2.45) is 5.92 Å². The van der Waals surface area contributed by atoms with Gasteiger partial charge in [0.1, 0.15) is 6.04 Å². The predicted molar refractivity (Wildman–Crippen MR) is 156 cm³/mol. The standard InChI is InChI=1S/C30H34Cl2N2O2S/c1-21(2)17-33-30(36)28(16-23-8-5-4-6-9-23)34(18-24-14-12-22(3)13-15-24)29(35)20-37-19-25-26(31)10-7-11-27(25)32/h4-15,21,28H,16-20H2,1-3H3,(H,33,36). The zero-order valence-corrected chi connectivity index (χ0v) is 23.9. The van der Waals surface area contributed by atoms with E-state index in [4.69, 9.17) is 23.2 Å². The van der Waals surface area contributed by atoms with E-state index in [9.17, 15) is 9.59 Å². The summed E-state index contributed by atoms with van der Waals surface area (Å²) in [5, 5.41) is 4.22. The Balaban J connectivity index is 1.85. The number of thioether (sulfide) groups is 1. The van der Waals surface area contributed by atoms with Crippen LogP contribution in [0.15, 0.2) is 72.8 Å². The van der Waals surface area contributed by atoms with Gasteiger partial charge in [0.2, 0.25) is 11.8 Å². The number of benzene rings is 3. The fourth-order valence-electron chi connectivity index (χ4n) is 3.86. The first-order valence-electron chi connectivity index (χ1n) is 12.4. The van der Waals surface area contributed by atoms with Crippen LogP contribution in [0.2, 0.25) is 10.0 Å². The van der Waals surface area contributed by atoms with E-state index in [0.717, 1.165) is 22.3 Å². The monoisotopic (exact) mass is 556 g/mol. The van der Waals surface area contributed by atoms with Crippen molar-refractivity contribution in [3.05, 3.63) is 105 Å². The average Bonchev–Trinajstić information content (AvgIpc) is 2.88. The lowest BCUT2D eigenvalue weighted by Gasteiger charge is -2.32. The highest BCUT2D eigenvalue weighted by Crippen LogP contribution is 2.28. The molecule has 7 heteroatoms. The number of carbonyl (C=O) groups is 2. The van der Waals surface area contributed by atoms with Crippen molar-refractivity contribution < 1.29 is 9.59 Å². The van der Waals surface area contributed by atoms with Crippen LogP contribution in [0.5, 0.6) is 0 Å². The Labute approximate surface area is 234 Å². The third-order valence-electron chi connectivity index (χ3n) is 5.96. The van der Waals surface area contributed by atoms with Gasteiger partial charge in [-0.3, -0.25) is 9.59 Å². The summed E-state index contributed by atoms with van der Waals surface area (Å²) < 4.78 is 0. The maximum atomic E-state index is 13.7. The smallest absolute Gasteiger partial charge is 0.243 e. The zero-order valence-electron chi connectivity index (χ0n) is 21.5. The van der Waals surface area contributed by atoms with Crippen molar-refractivity contribution >= 4 is 46.8 Å². The molecule has 1 N–H and O–H groups in total. The van der Waals surface area contributed by atoms with Gasteiger partial charge < -0.3 is 10.2 Å². The molecule has 0 aliphatic heterocycles. The lowest BCUT2D eigenvalue weighted by molar-refractivity contribution is -0.139. The molecule has 0 aliphatic carbocycles. The van der Waals surface area contributed by atoms with Gasteiger partial charge in [0, 0.05) is 35.3 Å². The summed E-state index contributed by atoms with van der Waals surface area (Å²) in [5.41, 5.74) is 3.94. The molecule has 3 rings (SSSR count). The zero-order chi connectivity index (χ0) is 26.8. The van der Waals surface area contributed by atoms with Gasteiger partial charge >= 0.3 is 0 Å². The van der Waals surface area contributed by atoms with Gasteiger partial charge in [-0.15, -0.1) is 11.8 Å². The van der Waals surface area contributed by atoms with Gasteiger partial charge in [-0.1, -0.05) is 103 Å². The maximum absolute atomic E-state index is 13.7. The normalized spacial score (nSPS) is 11.8. The minimum Gasteiger partial charge on any atom is -0.354 e. The van der Waals surface area contributed by atoms with Gasteiger partial charge in [-0.25, -0.2) is 0 Å². The Kier molecular flexibility index (Phi) is 11.4. The lowest BCUT2D eigenvalue weighted by Crippen LogP contribution is -2.51. The molecule has 1 unspecified atom stereocenters. The van der Waals surface area contributed by atoms with Crippen LogP contribution in [0.4, 0.5) is 0 Å². The summed E-state index contributed by atoms with van der Waals surface area (Å²) in [5.74, 6) is 0.770. The molecule has 0 spiro atoms. The molecule has 0 radical (unpaired) electrons. The number of halogens is 2. The van der Waals surface area contributed by atoms with E-state index in [-0.39, 0.29) is 17.6 Å². The van der Waals surface area contributed by atoms with Crippen molar-refractivity contribution in [2.45, 2.75) is 45.5 Å². The first-order valence-corrected chi connectivity index (χ1v) is 14.3. The van der Waals surface area contributed by atoms with E-state index in [1.54, 1.807) is 23.1 Å². The molecule has 196 valence electrons. The number of hydrogen-bond acceptors (Lipinski definition) is 3. The third kappa shape index (κ3) is 9.10. The molecule has 4 nitrogen and oxygen atoms in total. The molecule has 37 heavy (non-hydrogen) atoms. The van der Waals surface area contributed by atoms with Crippen LogP contribution in [-0.2, 0) is 28.3 Å². The minimum atomic E-state index is -0.639. The molecule has 3 aromatic rings. The third-order valence-corrected chi connectivity index (χ3v) is 7.61. The number of amides is 2. The van der Waals surface area contributed by atoms with Gasteiger partial charge in [-0.05, 0) is 41.7 Å². The van der Waals surface area contributed by atoms with E-state index in [2.05, 4.69) is 19.2 Å². The SMILES string of the molecule is Cc1ccc(CN(C(=O)CSCc2c(Cl)cccc2Cl)C(Cc2ccccc2)C(=O)NCC(C)C)cc1. The molecular formula is C30H34Cl2N2O2S. The van der Waals surface area contributed by atoms with Crippen molar-refractivity contribution in [3.63, 3.8) is 0 Å². The molecule has 0 saturated carbocycles. The van der Waals surface area contributed by atoms with Gasteiger partial charge in [0.15, 0.2) is 0 Å². The number of nitrogens with one attached hydrogen (secondary N) is 1. The van der Waals surface area contributed by atoms with Crippen LogP contribution in [0.25, 0.3) is 0 Å². The average molecular weight is 558 g/mol. The quantitative estimate of drug-likeness (QED) is 0.262. The Morgan fingerprint density at radius 2 is 1.54 bits per heavy atom. The van der Waals surface area contributed by atoms with Crippen LogP contribution >= 0.6 is 35.0 Å². The molecular weight excluding hydrogens is 523 g/mol. The van der Waals surface area contributed by atoms with E-state index < -0.39 is 6.04 Å². The lowest BCUT2D eigenvalue weighted by atomic mass is 10.0. The van der Waals surface area contributed by atoms with Crippen LogP contribution in [0.3, 0.4) is 0 Å². The fraction of sp³-hybridized carbons (Fsp3) is 0.333. The Hall–Kier alpha value is -2.47. The Bertz CT molecular complexity index is 1150. The van der Waals surface area contributed by atoms with Crippen molar-refractivity contribution in [1.82, 2.24) is 10.2 Å². The van der Waals surface area contributed by atoms with Crippen LogP contribution in [0.1, 0.15) is 36.1 Å². The van der Waals surface area contributed by atoms with Crippen molar-refractivity contribution in [3.8, 4) is 0 Å². The second-order valence-electron chi connectivity index (χ2n) is 9.54. The molecule has 0 aromatic heterocycles. The largest absolute Gasteiger partial charge is 0.354 e. The van der Waals surface area contributed by atoms with Crippen LogP contribution in [0, 0.1) is 12.8 Å².